The molecule has 2 N–H and O–H groups in total. The number of aryl methyl sites for hydroxylation is 1. The second-order valence-electron chi connectivity index (χ2n) is 2.28. The van der Waals surface area contributed by atoms with E-state index in [0.717, 1.165) is 6.07 Å². The highest BCUT2D eigenvalue weighted by Crippen LogP contribution is 1.98. The maximum Gasteiger partial charge on any atom is 0.184 e. The highest BCUT2D eigenvalue weighted by Gasteiger charge is 1.99. The summed E-state index contributed by atoms with van der Waals surface area (Å²) >= 11 is 0. The number of hydrogen-bond donors (Lipinski definition) is 2. The van der Waals surface area contributed by atoms with E-state index in [4.69, 9.17) is 0 Å². The number of H-pyrrole nitrogens is 1. The van der Waals surface area contributed by atoms with Gasteiger partial charge >= 0.3 is 0 Å². The summed E-state index contributed by atoms with van der Waals surface area (Å²) in [5.74, 6) is 0.0880. The van der Waals surface area contributed by atoms with E-state index in [0.29, 0.717) is 5.69 Å². The topological polar surface area (TPSA) is 88.0 Å². The molecule has 0 spiro atoms. The van der Waals surface area contributed by atoms with Crippen LogP contribution in [0.4, 0.5) is 5.82 Å². The Hall–Kier alpha value is -1.85. The molecule has 1 aromatic heterocycles. The number of aromatic nitrogens is 1. The van der Waals surface area contributed by atoms with Crippen LogP contribution in [0.1, 0.15) is 5.69 Å². The van der Waals surface area contributed by atoms with Gasteiger partial charge in [-0.25, -0.2) is 10.1 Å². The van der Waals surface area contributed by atoms with Crippen molar-refractivity contribution in [2.75, 3.05) is 5.43 Å². The fourth-order valence-electron chi connectivity index (χ4n) is 0.840. The fraction of sp³-hybridized carbons (Fsp3) is 0.167. The van der Waals surface area contributed by atoms with Gasteiger partial charge in [-0.1, -0.05) is 5.43 Å². The van der Waals surface area contributed by atoms with Crippen LogP contribution in [0, 0.1) is 17.0 Å². The van der Waals surface area contributed by atoms with Gasteiger partial charge in [-0.15, -0.1) is 0 Å². The minimum Gasteiger partial charge on any atom is -0.341 e. The largest absolute Gasteiger partial charge is 0.341 e. The van der Waals surface area contributed by atoms with E-state index in [1.54, 1.807) is 6.92 Å². The summed E-state index contributed by atoms with van der Waals surface area (Å²) in [6.07, 6.45) is 0. The molecular formula is C6H7N3O3. The molecule has 1 aromatic rings. The summed E-state index contributed by atoms with van der Waals surface area (Å²) in [6, 6.07) is 2.47. The molecule has 0 bridgehead atoms. The van der Waals surface area contributed by atoms with Crippen molar-refractivity contribution < 1.29 is 5.03 Å². The minimum absolute atomic E-state index is 0.0880. The van der Waals surface area contributed by atoms with Gasteiger partial charge < -0.3 is 4.98 Å². The van der Waals surface area contributed by atoms with Gasteiger partial charge in [0.1, 0.15) is 0 Å². The van der Waals surface area contributed by atoms with Crippen LogP contribution >= 0.6 is 0 Å². The average Bonchev–Trinajstić information content (AvgIpc) is 1.81. The predicted octanol–water partition coefficient (Wildman–Crippen LogP) is 0.287. The highest BCUT2D eigenvalue weighted by molar-refractivity contribution is 5.31. The zero-order valence-electron chi connectivity index (χ0n) is 6.33. The number of hydrazine groups is 1. The molecule has 6 heteroatoms. The summed E-state index contributed by atoms with van der Waals surface area (Å²) in [7, 11) is 0. The Morgan fingerprint density at radius 3 is 2.75 bits per heavy atom. The molecular weight excluding hydrogens is 162 g/mol. The Labute approximate surface area is 67.4 Å². The highest BCUT2D eigenvalue weighted by atomic mass is 16.7. The van der Waals surface area contributed by atoms with Gasteiger partial charge in [-0.05, 0) is 6.92 Å². The van der Waals surface area contributed by atoms with Crippen molar-refractivity contribution in [2.24, 2.45) is 0 Å². The van der Waals surface area contributed by atoms with Gasteiger partial charge in [0, 0.05) is 17.8 Å². The second-order valence-corrected chi connectivity index (χ2v) is 2.28. The van der Waals surface area contributed by atoms with E-state index in [1.165, 1.54) is 6.07 Å². The van der Waals surface area contributed by atoms with E-state index in [1.807, 2.05) is 5.43 Å². The number of anilines is 1. The van der Waals surface area contributed by atoms with Crippen LogP contribution in [0.25, 0.3) is 0 Å². The fourth-order valence-corrected chi connectivity index (χ4v) is 0.840. The first kappa shape index (κ1) is 8.25. The Morgan fingerprint density at radius 1 is 1.58 bits per heavy atom. The zero-order chi connectivity index (χ0) is 9.14. The molecule has 6 nitrogen and oxygen atoms in total. The van der Waals surface area contributed by atoms with Gasteiger partial charge in [0.05, 0.1) is 0 Å². The Bertz CT molecular complexity index is 357. The molecule has 0 radical (unpaired) electrons. The minimum atomic E-state index is -0.731. The van der Waals surface area contributed by atoms with E-state index < -0.39 is 5.03 Å². The summed E-state index contributed by atoms with van der Waals surface area (Å²) in [5, 5.41) is 9.23. The maximum absolute atomic E-state index is 10.8. The van der Waals surface area contributed by atoms with Crippen LogP contribution in [0.3, 0.4) is 0 Å². The number of pyridine rings is 1. The monoisotopic (exact) mass is 169 g/mol. The Morgan fingerprint density at radius 2 is 2.25 bits per heavy atom. The first-order valence-electron chi connectivity index (χ1n) is 3.20. The molecule has 0 fully saturated rings. The molecule has 12 heavy (non-hydrogen) atoms. The van der Waals surface area contributed by atoms with Crippen LogP contribution < -0.4 is 10.9 Å². The molecule has 0 saturated heterocycles. The third-order valence-electron chi connectivity index (χ3n) is 1.19. The summed E-state index contributed by atoms with van der Waals surface area (Å²) in [5.41, 5.74) is 2.16. The molecule has 1 rings (SSSR count). The summed E-state index contributed by atoms with van der Waals surface area (Å²) < 4.78 is 0. The SMILES string of the molecule is Cc1cc(=O)cc(N[N+](=O)[O-])[nH]1. The number of aromatic amines is 1. The van der Waals surface area contributed by atoms with Crippen LogP contribution in [-0.2, 0) is 0 Å². The zero-order valence-corrected chi connectivity index (χ0v) is 6.33. The molecule has 0 aliphatic heterocycles. The lowest BCUT2D eigenvalue weighted by atomic mass is 10.4. The molecule has 0 atom stereocenters. The van der Waals surface area contributed by atoms with Gasteiger partial charge in [0.15, 0.2) is 16.3 Å². The molecule has 64 valence electrons. The van der Waals surface area contributed by atoms with Crippen molar-refractivity contribution in [2.45, 2.75) is 6.92 Å². The number of nitrogens with one attached hydrogen (secondary N) is 2. The third-order valence-corrected chi connectivity index (χ3v) is 1.19. The molecule has 0 aliphatic carbocycles. The molecule has 0 aromatic carbocycles. The third kappa shape index (κ3) is 2.08. The van der Waals surface area contributed by atoms with Crippen molar-refractivity contribution in [3.63, 3.8) is 0 Å². The molecule has 1 heterocycles. The van der Waals surface area contributed by atoms with Crippen molar-refractivity contribution in [3.8, 4) is 0 Å². The lowest BCUT2D eigenvalue weighted by Gasteiger charge is -1.97. The van der Waals surface area contributed by atoms with Crippen LogP contribution in [0.5, 0.6) is 0 Å². The second kappa shape index (κ2) is 3.04. The van der Waals surface area contributed by atoms with Crippen molar-refractivity contribution in [3.05, 3.63) is 38.2 Å². The standard InChI is InChI=1S/C6H7N3O3/c1-4-2-5(10)3-6(7-4)8-9(11)12/h2-3H,1H3,(H2,7,8,10). The van der Waals surface area contributed by atoms with Gasteiger partial charge in [-0.2, -0.15) is 0 Å². The van der Waals surface area contributed by atoms with Crippen LogP contribution in [0.2, 0.25) is 0 Å². The molecule has 0 aliphatic rings. The first-order chi connectivity index (χ1) is 5.58. The van der Waals surface area contributed by atoms with E-state index in [9.17, 15) is 14.9 Å². The predicted molar refractivity (Wildman–Crippen MR) is 42.4 cm³/mol. The number of rotatable bonds is 2. The molecule has 0 amide bonds. The summed E-state index contributed by atoms with van der Waals surface area (Å²) in [6.45, 7) is 1.65. The molecule has 0 unspecified atom stereocenters. The van der Waals surface area contributed by atoms with E-state index in [2.05, 4.69) is 4.98 Å². The average molecular weight is 169 g/mol. The van der Waals surface area contributed by atoms with Gasteiger partial charge in [0.25, 0.3) is 0 Å². The van der Waals surface area contributed by atoms with Gasteiger partial charge in [-0.3, -0.25) is 4.79 Å². The maximum atomic E-state index is 10.8. The lowest BCUT2D eigenvalue weighted by Crippen LogP contribution is -2.12. The number of nitro groups is 1. The Kier molecular flexibility index (Phi) is 2.09. The quantitative estimate of drug-likeness (QED) is 0.491. The normalized spacial score (nSPS) is 9.42. The summed E-state index contributed by atoms with van der Waals surface area (Å²) in [4.78, 5) is 23.4. The molecule has 0 saturated carbocycles. The smallest absolute Gasteiger partial charge is 0.184 e. The first-order valence-corrected chi connectivity index (χ1v) is 3.20. The number of hydrogen-bond acceptors (Lipinski definition) is 3. The Balaban J connectivity index is 3.01. The van der Waals surface area contributed by atoms with Gasteiger partial charge in [0.2, 0.25) is 0 Å². The lowest BCUT2D eigenvalue weighted by molar-refractivity contribution is -0.445. The van der Waals surface area contributed by atoms with Crippen molar-refractivity contribution in [1.29, 1.82) is 0 Å². The van der Waals surface area contributed by atoms with Crippen LogP contribution in [0.15, 0.2) is 16.9 Å². The van der Waals surface area contributed by atoms with Crippen LogP contribution in [-0.4, -0.2) is 10.0 Å². The van der Waals surface area contributed by atoms with Crippen molar-refractivity contribution in [1.82, 2.24) is 4.98 Å². The van der Waals surface area contributed by atoms with E-state index >= 15 is 0 Å². The van der Waals surface area contributed by atoms with E-state index in [-0.39, 0.29) is 11.2 Å². The van der Waals surface area contributed by atoms with Crippen molar-refractivity contribution >= 4 is 5.82 Å². The number of nitrogens with zero attached hydrogens (tertiary/aromatic N) is 1.